The number of hydrogen-bond acceptors (Lipinski definition) is 6. The van der Waals surface area contributed by atoms with Crippen LogP contribution in [0, 0.1) is 5.82 Å². The molecule has 0 aliphatic rings. The fourth-order valence-corrected chi connectivity index (χ4v) is 0.923. The number of hydrogen-bond donors (Lipinski definition) is 0. The van der Waals surface area contributed by atoms with E-state index in [1.807, 2.05) is 0 Å². The van der Waals surface area contributed by atoms with Crippen LogP contribution < -0.4 is 4.74 Å². The lowest BCUT2D eigenvalue weighted by Gasteiger charge is -2.00. The van der Waals surface area contributed by atoms with Crippen LogP contribution in [0.5, 0.6) is 5.88 Å². The van der Waals surface area contributed by atoms with Crippen molar-refractivity contribution < 1.29 is 13.7 Å². The molecule has 0 saturated heterocycles. The van der Waals surface area contributed by atoms with E-state index in [0.29, 0.717) is 0 Å². The summed E-state index contributed by atoms with van der Waals surface area (Å²) in [6.07, 6.45) is 2.31. The van der Waals surface area contributed by atoms with Crippen molar-refractivity contribution in [1.82, 2.24) is 20.1 Å². The molecule has 0 saturated carbocycles. The Labute approximate surface area is 77.8 Å². The molecule has 2 aromatic heterocycles. The molecule has 0 aliphatic carbocycles. The average Bonchev–Trinajstić information content (AvgIpc) is 2.71. The standard InChI is InChI=1S/C7H5FN4O2/c1-13-6-4(8)5(9-2-10-6)7-11-3-12-14-7/h2-3H,1H3. The molecule has 6 nitrogen and oxygen atoms in total. The summed E-state index contributed by atoms with van der Waals surface area (Å²) >= 11 is 0. The quantitative estimate of drug-likeness (QED) is 0.702. The van der Waals surface area contributed by atoms with Gasteiger partial charge in [0.15, 0.2) is 12.0 Å². The fraction of sp³-hybridized carbons (Fsp3) is 0.143. The zero-order chi connectivity index (χ0) is 9.97. The highest BCUT2D eigenvalue weighted by Crippen LogP contribution is 2.22. The van der Waals surface area contributed by atoms with E-state index in [9.17, 15) is 4.39 Å². The van der Waals surface area contributed by atoms with Crippen molar-refractivity contribution in [3.05, 3.63) is 18.5 Å². The summed E-state index contributed by atoms with van der Waals surface area (Å²) in [4.78, 5) is 10.9. The summed E-state index contributed by atoms with van der Waals surface area (Å²) in [7, 11) is 1.31. The Balaban J connectivity index is 2.54. The van der Waals surface area contributed by atoms with Gasteiger partial charge in [0.1, 0.15) is 6.33 Å². The van der Waals surface area contributed by atoms with Crippen molar-refractivity contribution in [3.63, 3.8) is 0 Å². The summed E-state index contributed by atoms with van der Waals surface area (Å²) in [5.41, 5.74) is -0.0747. The summed E-state index contributed by atoms with van der Waals surface area (Å²) in [6, 6.07) is 0. The van der Waals surface area contributed by atoms with Gasteiger partial charge in [0.05, 0.1) is 7.11 Å². The second kappa shape index (κ2) is 3.36. The van der Waals surface area contributed by atoms with Gasteiger partial charge in [0, 0.05) is 0 Å². The van der Waals surface area contributed by atoms with Gasteiger partial charge in [-0.25, -0.2) is 4.98 Å². The van der Waals surface area contributed by atoms with Gasteiger partial charge in [0.2, 0.25) is 5.82 Å². The van der Waals surface area contributed by atoms with Crippen LogP contribution in [0.1, 0.15) is 0 Å². The Bertz CT molecular complexity index is 431. The number of ether oxygens (including phenoxy) is 1. The first kappa shape index (κ1) is 8.54. The number of halogens is 1. The number of aromatic nitrogens is 4. The van der Waals surface area contributed by atoms with Crippen LogP contribution in [0.3, 0.4) is 0 Å². The number of rotatable bonds is 2. The molecular formula is C7H5FN4O2. The van der Waals surface area contributed by atoms with Crippen LogP contribution in [0.4, 0.5) is 4.39 Å². The van der Waals surface area contributed by atoms with E-state index in [2.05, 4.69) is 29.4 Å². The third-order valence-electron chi connectivity index (χ3n) is 1.51. The lowest BCUT2D eigenvalue weighted by molar-refractivity contribution is 0.365. The third kappa shape index (κ3) is 1.28. The Kier molecular flexibility index (Phi) is 2.05. The van der Waals surface area contributed by atoms with Crippen LogP contribution in [0.2, 0.25) is 0 Å². The van der Waals surface area contributed by atoms with Gasteiger partial charge in [-0.2, -0.15) is 14.4 Å². The first-order chi connectivity index (χ1) is 6.83. The topological polar surface area (TPSA) is 73.9 Å². The van der Waals surface area contributed by atoms with Crippen LogP contribution in [-0.2, 0) is 0 Å². The maximum absolute atomic E-state index is 13.5. The number of nitrogens with zero attached hydrogens (tertiary/aromatic N) is 4. The van der Waals surface area contributed by atoms with E-state index in [-0.39, 0.29) is 17.5 Å². The summed E-state index contributed by atoms with van der Waals surface area (Å²) < 4.78 is 22.8. The zero-order valence-corrected chi connectivity index (χ0v) is 7.14. The maximum Gasteiger partial charge on any atom is 0.279 e. The van der Waals surface area contributed by atoms with Crippen molar-refractivity contribution in [3.8, 4) is 17.5 Å². The van der Waals surface area contributed by atoms with Crippen LogP contribution >= 0.6 is 0 Å². The summed E-state index contributed by atoms with van der Waals surface area (Å²) in [5, 5.41) is 3.34. The van der Waals surface area contributed by atoms with Gasteiger partial charge in [0.25, 0.3) is 11.8 Å². The molecule has 72 valence electrons. The molecule has 2 rings (SSSR count). The minimum absolute atomic E-state index is 0.0109. The van der Waals surface area contributed by atoms with Crippen molar-refractivity contribution in [2.75, 3.05) is 7.11 Å². The molecule has 0 radical (unpaired) electrons. The molecule has 0 unspecified atom stereocenters. The molecule has 0 bridgehead atoms. The molecule has 0 aliphatic heterocycles. The molecule has 0 fully saturated rings. The van der Waals surface area contributed by atoms with Crippen molar-refractivity contribution in [2.24, 2.45) is 0 Å². The van der Waals surface area contributed by atoms with E-state index in [1.165, 1.54) is 7.11 Å². The molecule has 0 N–H and O–H groups in total. The lowest BCUT2D eigenvalue weighted by atomic mass is 10.4. The number of methoxy groups -OCH3 is 1. The van der Waals surface area contributed by atoms with Gasteiger partial charge < -0.3 is 9.26 Å². The first-order valence-electron chi connectivity index (χ1n) is 3.64. The molecule has 0 amide bonds. The minimum Gasteiger partial charge on any atom is -0.479 e. The summed E-state index contributed by atoms with van der Waals surface area (Å²) in [5.74, 6) is -0.893. The Morgan fingerprint density at radius 3 is 2.79 bits per heavy atom. The summed E-state index contributed by atoms with van der Waals surface area (Å²) in [6.45, 7) is 0. The Morgan fingerprint density at radius 1 is 1.29 bits per heavy atom. The highest BCUT2D eigenvalue weighted by molar-refractivity contribution is 5.48. The molecular weight excluding hydrogens is 191 g/mol. The van der Waals surface area contributed by atoms with Gasteiger partial charge in [-0.3, -0.25) is 0 Å². The second-order valence-corrected chi connectivity index (χ2v) is 2.29. The van der Waals surface area contributed by atoms with Crippen LogP contribution in [-0.4, -0.2) is 27.2 Å². The fourth-order valence-electron chi connectivity index (χ4n) is 0.923. The van der Waals surface area contributed by atoms with Crippen molar-refractivity contribution in [1.29, 1.82) is 0 Å². The molecule has 14 heavy (non-hydrogen) atoms. The molecule has 7 heteroatoms. The second-order valence-electron chi connectivity index (χ2n) is 2.29. The monoisotopic (exact) mass is 196 g/mol. The van der Waals surface area contributed by atoms with Crippen LogP contribution in [0.25, 0.3) is 11.6 Å². The van der Waals surface area contributed by atoms with Crippen molar-refractivity contribution in [2.45, 2.75) is 0 Å². The van der Waals surface area contributed by atoms with Crippen LogP contribution in [0.15, 0.2) is 17.2 Å². The molecule has 2 heterocycles. The Hall–Kier alpha value is -2.05. The first-order valence-corrected chi connectivity index (χ1v) is 3.64. The van der Waals surface area contributed by atoms with E-state index in [1.54, 1.807) is 0 Å². The largest absolute Gasteiger partial charge is 0.479 e. The molecule has 0 spiro atoms. The van der Waals surface area contributed by atoms with Gasteiger partial charge in [-0.05, 0) is 0 Å². The smallest absolute Gasteiger partial charge is 0.279 e. The highest BCUT2D eigenvalue weighted by Gasteiger charge is 2.17. The van der Waals surface area contributed by atoms with Crippen molar-refractivity contribution >= 4 is 0 Å². The maximum atomic E-state index is 13.5. The van der Waals surface area contributed by atoms with Gasteiger partial charge >= 0.3 is 0 Å². The SMILES string of the molecule is COc1ncnc(-c2ncno2)c1F. The Morgan fingerprint density at radius 2 is 2.14 bits per heavy atom. The predicted molar refractivity (Wildman–Crippen MR) is 41.8 cm³/mol. The minimum atomic E-state index is -0.723. The molecule has 0 atom stereocenters. The van der Waals surface area contributed by atoms with E-state index >= 15 is 0 Å². The average molecular weight is 196 g/mol. The van der Waals surface area contributed by atoms with E-state index in [4.69, 9.17) is 0 Å². The van der Waals surface area contributed by atoms with E-state index in [0.717, 1.165) is 12.7 Å². The highest BCUT2D eigenvalue weighted by atomic mass is 19.1. The normalized spacial score (nSPS) is 10.1. The zero-order valence-electron chi connectivity index (χ0n) is 7.14. The van der Waals surface area contributed by atoms with Gasteiger partial charge in [-0.1, -0.05) is 5.16 Å². The molecule has 0 aromatic carbocycles. The lowest BCUT2D eigenvalue weighted by Crippen LogP contribution is -1.97. The third-order valence-corrected chi connectivity index (χ3v) is 1.51. The molecule has 2 aromatic rings. The van der Waals surface area contributed by atoms with Gasteiger partial charge in [-0.15, -0.1) is 0 Å². The predicted octanol–water partition coefficient (Wildman–Crippen LogP) is 0.674. The van der Waals surface area contributed by atoms with E-state index < -0.39 is 5.82 Å².